The van der Waals surface area contributed by atoms with E-state index in [0.717, 1.165) is 35.6 Å². The highest BCUT2D eigenvalue weighted by Gasteiger charge is 2.23. The third kappa shape index (κ3) is 6.84. The number of anilines is 2. The normalized spacial score (nSPS) is 14.7. The highest BCUT2D eigenvalue weighted by molar-refractivity contribution is 6.04. The van der Waals surface area contributed by atoms with Crippen LogP contribution in [0.4, 0.5) is 11.4 Å². The molecule has 1 fully saturated rings. The van der Waals surface area contributed by atoms with Crippen LogP contribution in [-0.4, -0.2) is 55.0 Å². The van der Waals surface area contributed by atoms with Crippen molar-refractivity contribution in [2.24, 2.45) is 10.4 Å². The van der Waals surface area contributed by atoms with Crippen LogP contribution in [0.15, 0.2) is 52.9 Å². The van der Waals surface area contributed by atoms with Gasteiger partial charge >= 0.3 is 0 Å². The first-order valence-corrected chi connectivity index (χ1v) is 12.6. The number of hydrogen-bond donors (Lipinski definition) is 1. The summed E-state index contributed by atoms with van der Waals surface area (Å²) >= 11 is 0. The van der Waals surface area contributed by atoms with Crippen molar-refractivity contribution in [3.63, 3.8) is 0 Å². The van der Waals surface area contributed by atoms with Gasteiger partial charge in [-0.05, 0) is 72.0 Å². The molecule has 1 aliphatic heterocycles. The molecule has 1 aliphatic rings. The van der Waals surface area contributed by atoms with E-state index in [0.29, 0.717) is 30.4 Å². The lowest BCUT2D eigenvalue weighted by Gasteiger charge is -2.30. The number of amides is 1. The molecular weight excluding hydrogens is 480 g/mol. The second-order valence-electron chi connectivity index (χ2n) is 9.79. The van der Waals surface area contributed by atoms with Gasteiger partial charge in [-0.15, -0.1) is 0 Å². The van der Waals surface area contributed by atoms with Gasteiger partial charge in [-0.1, -0.05) is 6.08 Å². The smallest absolute Gasteiger partial charge is 0.274 e. The number of morpholine rings is 1. The van der Waals surface area contributed by atoms with Crippen molar-refractivity contribution in [2.75, 3.05) is 36.5 Å². The van der Waals surface area contributed by atoms with E-state index in [9.17, 15) is 10.1 Å². The second kappa shape index (κ2) is 12.5. The van der Waals surface area contributed by atoms with E-state index in [2.05, 4.69) is 38.0 Å². The van der Waals surface area contributed by atoms with Crippen molar-refractivity contribution in [3.8, 4) is 23.1 Å². The number of aryl methyl sites for hydroxylation is 1. The molecule has 9 nitrogen and oxygen atoms in total. The van der Waals surface area contributed by atoms with E-state index in [-0.39, 0.29) is 11.8 Å². The molecule has 0 aliphatic carbocycles. The summed E-state index contributed by atoms with van der Waals surface area (Å²) in [5.41, 5.74) is 3.88. The van der Waals surface area contributed by atoms with E-state index in [1.54, 1.807) is 38.4 Å². The number of allylic oxidation sites excluding steroid dienone is 3. The van der Waals surface area contributed by atoms with Gasteiger partial charge in [0.2, 0.25) is 5.88 Å². The molecule has 2 aromatic heterocycles. The monoisotopic (exact) mass is 516 g/mol. The van der Waals surface area contributed by atoms with Crippen LogP contribution in [0.5, 0.6) is 5.88 Å². The third-order valence-electron chi connectivity index (χ3n) is 6.19. The van der Waals surface area contributed by atoms with Crippen LogP contribution in [0.3, 0.4) is 0 Å². The molecule has 3 heterocycles. The van der Waals surface area contributed by atoms with Crippen LogP contribution in [0, 0.1) is 23.7 Å². The van der Waals surface area contributed by atoms with Gasteiger partial charge in [-0.3, -0.25) is 14.8 Å². The minimum Gasteiger partial charge on any atom is -0.473 e. The molecule has 38 heavy (non-hydrogen) atoms. The Hall–Kier alpha value is -4.03. The van der Waals surface area contributed by atoms with Gasteiger partial charge in [-0.25, -0.2) is 4.98 Å². The Kier molecular flexibility index (Phi) is 9.37. The van der Waals surface area contributed by atoms with Crippen LogP contribution in [0.1, 0.15) is 40.3 Å². The molecule has 0 atom stereocenters. The highest BCUT2D eigenvalue weighted by atomic mass is 16.5. The molecule has 1 N–H and O–H groups in total. The fourth-order valence-corrected chi connectivity index (χ4v) is 4.04. The Labute approximate surface area is 224 Å². The number of pyridine rings is 2. The van der Waals surface area contributed by atoms with Crippen LogP contribution < -0.4 is 15.0 Å². The zero-order valence-electron chi connectivity index (χ0n) is 23.0. The standard InChI is InChI=1S/C29H36N6O3/c1-8-22(29(5,6)18-30)14-25(31-7)27(36)34-23-15-24(20(4)32-17-23)21-13-26(35-9-11-37-12-10-35)28(33-16-21)38-19(2)3/h8,13-17,19H,7,9-12H2,1-6H3,(H,34,36)/b22-8+,25-14-. The average Bonchev–Trinajstić information content (AvgIpc) is 2.90. The fourth-order valence-electron chi connectivity index (χ4n) is 4.04. The van der Waals surface area contributed by atoms with E-state index in [1.807, 2.05) is 39.8 Å². The van der Waals surface area contributed by atoms with E-state index in [4.69, 9.17) is 9.47 Å². The predicted molar refractivity (Wildman–Crippen MR) is 150 cm³/mol. The van der Waals surface area contributed by atoms with Crippen LogP contribution >= 0.6 is 0 Å². The zero-order chi connectivity index (χ0) is 27.9. The summed E-state index contributed by atoms with van der Waals surface area (Å²) in [5.74, 6) is 0.130. The number of nitriles is 1. The Bertz CT molecular complexity index is 1280. The van der Waals surface area contributed by atoms with Crippen molar-refractivity contribution in [3.05, 3.63) is 53.6 Å². The summed E-state index contributed by atoms with van der Waals surface area (Å²) in [5, 5.41) is 12.3. The Morgan fingerprint density at radius 2 is 2.00 bits per heavy atom. The van der Waals surface area contributed by atoms with Gasteiger partial charge in [-0.2, -0.15) is 5.26 Å². The summed E-state index contributed by atoms with van der Waals surface area (Å²) in [4.78, 5) is 28.3. The quantitative estimate of drug-likeness (QED) is 0.280. The van der Waals surface area contributed by atoms with E-state index < -0.39 is 11.3 Å². The molecule has 200 valence electrons. The third-order valence-corrected chi connectivity index (χ3v) is 6.19. The van der Waals surface area contributed by atoms with Gasteiger partial charge in [0.25, 0.3) is 5.91 Å². The molecular formula is C29H36N6O3. The summed E-state index contributed by atoms with van der Waals surface area (Å²) in [6, 6.07) is 6.15. The van der Waals surface area contributed by atoms with Crippen LogP contribution in [-0.2, 0) is 9.53 Å². The van der Waals surface area contributed by atoms with Crippen LogP contribution in [0.2, 0.25) is 0 Å². The van der Waals surface area contributed by atoms with Crippen molar-refractivity contribution in [2.45, 2.75) is 47.6 Å². The number of ether oxygens (including phenoxy) is 2. The largest absolute Gasteiger partial charge is 0.473 e. The average molecular weight is 517 g/mol. The Morgan fingerprint density at radius 1 is 1.29 bits per heavy atom. The number of nitrogens with one attached hydrogen (secondary N) is 1. The van der Waals surface area contributed by atoms with Crippen molar-refractivity contribution < 1.29 is 14.3 Å². The molecule has 3 rings (SSSR count). The first-order chi connectivity index (χ1) is 18.1. The molecule has 9 heteroatoms. The van der Waals surface area contributed by atoms with Gasteiger partial charge in [0.15, 0.2) is 0 Å². The molecule has 0 radical (unpaired) electrons. The molecule has 1 amide bonds. The number of aromatic nitrogens is 2. The molecule has 0 saturated carbocycles. The van der Waals surface area contributed by atoms with Crippen molar-refractivity contribution >= 4 is 24.0 Å². The summed E-state index contributed by atoms with van der Waals surface area (Å²) in [7, 11) is 0. The summed E-state index contributed by atoms with van der Waals surface area (Å²) in [6.07, 6.45) is 6.72. The van der Waals surface area contributed by atoms with Crippen LogP contribution in [0.25, 0.3) is 11.1 Å². The minimum atomic E-state index is -0.778. The number of carbonyl (C=O) groups is 1. The number of rotatable bonds is 9. The summed E-state index contributed by atoms with van der Waals surface area (Å²) < 4.78 is 11.5. The van der Waals surface area contributed by atoms with Crippen molar-refractivity contribution in [1.29, 1.82) is 5.26 Å². The Balaban J connectivity index is 1.94. The molecule has 0 aromatic carbocycles. The fraction of sp³-hybridized carbons (Fsp3) is 0.414. The minimum absolute atomic E-state index is 0.0161. The number of nitrogens with zero attached hydrogens (tertiary/aromatic N) is 5. The molecule has 0 bridgehead atoms. The predicted octanol–water partition coefficient (Wildman–Crippen LogP) is 5.09. The second-order valence-corrected chi connectivity index (χ2v) is 9.79. The lowest BCUT2D eigenvalue weighted by atomic mass is 9.85. The Morgan fingerprint density at radius 3 is 2.61 bits per heavy atom. The maximum absolute atomic E-state index is 13.1. The molecule has 0 unspecified atom stereocenters. The lowest BCUT2D eigenvalue weighted by molar-refractivity contribution is -0.112. The first kappa shape index (κ1) is 28.5. The topological polar surface area (TPSA) is 113 Å². The van der Waals surface area contributed by atoms with Crippen molar-refractivity contribution in [1.82, 2.24) is 9.97 Å². The maximum Gasteiger partial charge on any atom is 0.274 e. The number of carbonyl (C=O) groups excluding carboxylic acids is 1. The highest BCUT2D eigenvalue weighted by Crippen LogP contribution is 2.34. The first-order valence-electron chi connectivity index (χ1n) is 12.6. The lowest BCUT2D eigenvalue weighted by Crippen LogP contribution is -2.36. The van der Waals surface area contributed by atoms with E-state index in [1.165, 1.54) is 0 Å². The van der Waals surface area contributed by atoms with E-state index >= 15 is 0 Å². The molecule has 0 spiro atoms. The molecule has 1 saturated heterocycles. The van der Waals surface area contributed by atoms with Gasteiger partial charge in [0.05, 0.1) is 42.7 Å². The maximum atomic E-state index is 13.1. The zero-order valence-corrected chi connectivity index (χ0v) is 23.0. The number of aliphatic imine (C=N–C) groups is 1. The van der Waals surface area contributed by atoms with Gasteiger partial charge in [0, 0.05) is 36.1 Å². The van der Waals surface area contributed by atoms with Gasteiger partial charge < -0.3 is 19.7 Å². The number of hydrogen-bond acceptors (Lipinski definition) is 8. The SMILES string of the molecule is C=N/C(=C\C(=C/C)C(C)(C)C#N)C(=O)Nc1cnc(C)c(-c2cnc(OC(C)C)c(N3CCOCC3)c2)c1. The molecule has 2 aromatic rings. The summed E-state index contributed by atoms with van der Waals surface area (Å²) in [6.45, 7) is 17.5. The van der Waals surface area contributed by atoms with Gasteiger partial charge in [0.1, 0.15) is 11.4 Å².